The normalized spacial score (nSPS) is 14.1. The van der Waals surface area contributed by atoms with Crippen LogP contribution in [0.25, 0.3) is 0 Å². The highest BCUT2D eigenvalue weighted by atomic mass is 31.2. The summed E-state index contributed by atoms with van der Waals surface area (Å²) in [6.07, 6.45) is 69.4. The summed E-state index contributed by atoms with van der Waals surface area (Å²) in [7, 11) is -9.92. The Kier molecular flexibility index (Phi) is 76.0. The zero-order valence-corrected chi connectivity index (χ0v) is 70.8. The van der Waals surface area contributed by atoms with E-state index in [1.165, 1.54) is 276 Å². The molecule has 6 atom stereocenters. The standard InChI is InChI=1S/C86H168O17P2/c1-7-10-12-14-16-18-36-44-50-56-62-68-83(88)96-74-81(102-85(90)70-64-58-52-46-37-19-17-15-13-11-8-2)76-100-104(92,93)98-72-80(87)73-99-105(94,95)101-77-82(75-97-84(89)69-63-57-51-45-40-34-30-26-22-20-24-28-32-38-42-48-54-60-66-78(4)5)103-86(91)71-65-59-53-47-41-35-31-27-23-21-25-29-33-39-43-49-55-61-67-79(6)9-3/h78-82,87H,7-77H2,1-6H3,(H,92,93)(H,94,95)/t79?,80-,81+,82+/m0/s1. The fourth-order valence-electron chi connectivity index (χ4n) is 13.4. The van der Waals surface area contributed by atoms with Crippen molar-refractivity contribution in [2.24, 2.45) is 11.8 Å². The molecule has 0 rings (SSSR count). The van der Waals surface area contributed by atoms with E-state index in [2.05, 4.69) is 41.5 Å². The van der Waals surface area contributed by atoms with Crippen molar-refractivity contribution < 1.29 is 80.2 Å². The van der Waals surface area contributed by atoms with Crippen LogP contribution in [0.5, 0.6) is 0 Å². The Balaban J connectivity index is 5.19. The predicted molar refractivity (Wildman–Crippen MR) is 432 cm³/mol. The molecule has 3 N–H and O–H groups in total. The van der Waals surface area contributed by atoms with Gasteiger partial charge in [0.1, 0.15) is 19.3 Å². The summed E-state index contributed by atoms with van der Waals surface area (Å²) in [5, 5.41) is 10.7. The molecule has 0 aromatic carbocycles. The van der Waals surface area contributed by atoms with Gasteiger partial charge >= 0.3 is 39.5 Å². The Morgan fingerprint density at radius 1 is 0.276 bits per heavy atom. The first-order valence-corrected chi connectivity index (χ1v) is 47.5. The number of phosphoric ester groups is 2. The maximum absolute atomic E-state index is 13.1. The van der Waals surface area contributed by atoms with Crippen LogP contribution in [0.1, 0.15) is 459 Å². The minimum atomic E-state index is -4.97. The number of hydrogen-bond donors (Lipinski definition) is 3. The minimum Gasteiger partial charge on any atom is -0.462 e. The number of aliphatic hydroxyl groups is 1. The summed E-state index contributed by atoms with van der Waals surface area (Å²) in [6, 6.07) is 0. The third kappa shape index (κ3) is 78.5. The van der Waals surface area contributed by atoms with Gasteiger partial charge in [0.2, 0.25) is 0 Å². The molecule has 0 saturated carbocycles. The molecule has 0 aliphatic carbocycles. The second-order valence-corrected chi connectivity index (χ2v) is 34.6. The van der Waals surface area contributed by atoms with Gasteiger partial charge in [-0.2, -0.15) is 0 Å². The summed E-state index contributed by atoms with van der Waals surface area (Å²) in [6.45, 7) is 9.76. The molecule has 0 spiro atoms. The number of carbonyl (C=O) groups is 4. The Morgan fingerprint density at radius 3 is 0.724 bits per heavy atom. The molecule has 0 aromatic rings. The fourth-order valence-corrected chi connectivity index (χ4v) is 15.0. The van der Waals surface area contributed by atoms with Gasteiger partial charge in [0.25, 0.3) is 0 Å². The van der Waals surface area contributed by atoms with Gasteiger partial charge in [0.15, 0.2) is 12.2 Å². The van der Waals surface area contributed by atoms with Crippen LogP contribution in [0, 0.1) is 11.8 Å². The topological polar surface area (TPSA) is 237 Å². The van der Waals surface area contributed by atoms with E-state index in [-0.39, 0.29) is 25.7 Å². The van der Waals surface area contributed by atoms with Gasteiger partial charge in [-0.15, -0.1) is 0 Å². The molecule has 0 radical (unpaired) electrons. The van der Waals surface area contributed by atoms with E-state index >= 15 is 0 Å². The van der Waals surface area contributed by atoms with Crippen molar-refractivity contribution in [2.75, 3.05) is 39.6 Å². The van der Waals surface area contributed by atoms with Gasteiger partial charge in [0.05, 0.1) is 26.4 Å². The lowest BCUT2D eigenvalue weighted by Crippen LogP contribution is -2.30. The highest BCUT2D eigenvalue weighted by Crippen LogP contribution is 2.45. The second kappa shape index (κ2) is 77.4. The molecule has 0 aliphatic rings. The van der Waals surface area contributed by atoms with Crippen LogP contribution in [0.2, 0.25) is 0 Å². The summed E-state index contributed by atoms with van der Waals surface area (Å²) in [4.78, 5) is 73.1. The monoisotopic (exact) mass is 1540 g/mol. The summed E-state index contributed by atoms with van der Waals surface area (Å²) < 4.78 is 68.8. The van der Waals surface area contributed by atoms with Crippen molar-refractivity contribution in [3.05, 3.63) is 0 Å². The molecule has 0 aromatic heterocycles. The van der Waals surface area contributed by atoms with Crippen molar-refractivity contribution in [2.45, 2.75) is 477 Å². The summed E-state index contributed by atoms with van der Waals surface area (Å²) in [5.74, 6) is -0.408. The number of unbranched alkanes of at least 4 members (excludes halogenated alkanes) is 54. The summed E-state index contributed by atoms with van der Waals surface area (Å²) in [5.41, 5.74) is 0. The largest absolute Gasteiger partial charge is 0.472 e. The molecular formula is C86H168O17P2. The van der Waals surface area contributed by atoms with Crippen molar-refractivity contribution in [3.8, 4) is 0 Å². The first-order chi connectivity index (χ1) is 50.9. The molecule has 0 amide bonds. The quantitative estimate of drug-likeness (QED) is 0.0222. The SMILES string of the molecule is CCCCCCCCCCCCCC(=O)OC[C@H](COP(=O)(O)OC[C@H](O)COP(=O)(O)OC[C@@H](COC(=O)CCCCCCCCCCCCCCCCCCCCC(C)C)OC(=O)CCCCCCCCCCCCCCCCCCCCC(C)CC)OC(=O)CCCCCCCCCCCCC. The van der Waals surface area contributed by atoms with Gasteiger partial charge in [-0.3, -0.25) is 37.3 Å². The predicted octanol–water partition coefficient (Wildman–Crippen LogP) is 26.2. The maximum atomic E-state index is 13.1. The van der Waals surface area contributed by atoms with E-state index in [0.29, 0.717) is 25.7 Å². The van der Waals surface area contributed by atoms with Crippen LogP contribution in [0.3, 0.4) is 0 Å². The lowest BCUT2D eigenvalue weighted by Gasteiger charge is -2.21. The van der Waals surface area contributed by atoms with Crippen LogP contribution < -0.4 is 0 Å². The molecule has 3 unspecified atom stereocenters. The lowest BCUT2D eigenvalue weighted by molar-refractivity contribution is -0.161. The Morgan fingerprint density at radius 2 is 0.486 bits per heavy atom. The third-order valence-corrected chi connectivity index (χ3v) is 22.5. The molecule has 0 fully saturated rings. The summed E-state index contributed by atoms with van der Waals surface area (Å²) >= 11 is 0. The molecule has 17 nitrogen and oxygen atoms in total. The molecule has 0 bridgehead atoms. The Bertz CT molecular complexity index is 2010. The third-order valence-electron chi connectivity index (χ3n) is 20.6. The molecular weight excluding hydrogens is 1370 g/mol. The molecule has 624 valence electrons. The second-order valence-electron chi connectivity index (χ2n) is 31.6. The van der Waals surface area contributed by atoms with Crippen LogP contribution in [0.15, 0.2) is 0 Å². The molecule has 19 heteroatoms. The Labute approximate surface area is 645 Å². The van der Waals surface area contributed by atoms with Gasteiger partial charge < -0.3 is 33.8 Å². The maximum Gasteiger partial charge on any atom is 0.472 e. The highest BCUT2D eigenvalue weighted by molar-refractivity contribution is 7.47. The van der Waals surface area contributed by atoms with Crippen molar-refractivity contribution in [3.63, 3.8) is 0 Å². The van der Waals surface area contributed by atoms with Gasteiger partial charge in [-0.25, -0.2) is 9.13 Å². The van der Waals surface area contributed by atoms with Gasteiger partial charge in [0, 0.05) is 25.7 Å². The number of ether oxygens (including phenoxy) is 4. The smallest absolute Gasteiger partial charge is 0.462 e. The van der Waals surface area contributed by atoms with E-state index in [1.54, 1.807) is 0 Å². The van der Waals surface area contributed by atoms with Crippen molar-refractivity contribution in [1.82, 2.24) is 0 Å². The molecule has 0 aliphatic heterocycles. The van der Waals surface area contributed by atoms with E-state index in [1.807, 2.05) is 0 Å². The molecule has 0 saturated heterocycles. The van der Waals surface area contributed by atoms with Gasteiger partial charge in [-0.1, -0.05) is 408 Å². The van der Waals surface area contributed by atoms with E-state index in [4.69, 9.17) is 37.0 Å². The van der Waals surface area contributed by atoms with Crippen molar-refractivity contribution >= 4 is 39.5 Å². The van der Waals surface area contributed by atoms with Crippen LogP contribution >= 0.6 is 15.6 Å². The lowest BCUT2D eigenvalue weighted by atomic mass is 9.99. The van der Waals surface area contributed by atoms with Crippen LogP contribution in [0.4, 0.5) is 0 Å². The average molecular weight is 1540 g/mol. The molecule has 105 heavy (non-hydrogen) atoms. The van der Waals surface area contributed by atoms with Crippen LogP contribution in [-0.4, -0.2) is 96.7 Å². The number of rotatable bonds is 85. The average Bonchev–Trinajstić information content (AvgIpc) is 0.916. The molecule has 0 heterocycles. The number of carbonyl (C=O) groups excluding carboxylic acids is 4. The number of hydrogen-bond acceptors (Lipinski definition) is 15. The van der Waals surface area contributed by atoms with Crippen LogP contribution in [-0.2, 0) is 65.4 Å². The zero-order chi connectivity index (χ0) is 77.1. The number of aliphatic hydroxyl groups excluding tert-OH is 1. The van der Waals surface area contributed by atoms with E-state index < -0.39 is 97.5 Å². The van der Waals surface area contributed by atoms with E-state index in [9.17, 15) is 43.2 Å². The Hall–Kier alpha value is -1.94. The van der Waals surface area contributed by atoms with Crippen molar-refractivity contribution in [1.29, 1.82) is 0 Å². The number of esters is 4. The fraction of sp³-hybridized carbons (Fsp3) is 0.953. The highest BCUT2D eigenvalue weighted by Gasteiger charge is 2.30. The first kappa shape index (κ1) is 103. The first-order valence-electron chi connectivity index (χ1n) is 44.5. The minimum absolute atomic E-state index is 0.108. The number of phosphoric acid groups is 2. The van der Waals surface area contributed by atoms with Gasteiger partial charge in [-0.05, 0) is 37.5 Å². The van der Waals surface area contributed by atoms with E-state index in [0.717, 1.165) is 102 Å². The zero-order valence-electron chi connectivity index (χ0n) is 69.0.